The second-order valence-corrected chi connectivity index (χ2v) is 7.97. The maximum Gasteiger partial charge on any atom is 0.355 e. The summed E-state index contributed by atoms with van der Waals surface area (Å²) in [6.07, 6.45) is 0. The van der Waals surface area contributed by atoms with E-state index in [9.17, 15) is 9.59 Å². The summed E-state index contributed by atoms with van der Waals surface area (Å²) in [5, 5.41) is 3.34. The van der Waals surface area contributed by atoms with E-state index in [1.165, 1.54) is 0 Å². The molecule has 1 aromatic heterocycles. The average molecular weight is 470 g/mol. The standard InChI is InChI=1S/C25H28ClN3O4/c1-5-33-24(30)23-16(2)20(17(3)27-23)15-29(14-18-10-12-19(32-4)13-11-18)25(31)28-22-9-7-6-8-21(22)26/h6-13,27H,5,14-15H2,1-4H3,(H,28,31). The second kappa shape index (κ2) is 10.9. The molecule has 0 spiro atoms. The molecule has 2 amide bonds. The molecule has 0 saturated heterocycles. The van der Waals surface area contributed by atoms with Crippen LogP contribution in [0.15, 0.2) is 48.5 Å². The highest BCUT2D eigenvalue weighted by atomic mass is 35.5. The average Bonchev–Trinajstić information content (AvgIpc) is 3.09. The van der Waals surface area contributed by atoms with Gasteiger partial charge in [0.2, 0.25) is 0 Å². The molecule has 3 rings (SSSR count). The molecule has 2 aromatic carbocycles. The summed E-state index contributed by atoms with van der Waals surface area (Å²) in [5.74, 6) is 0.328. The number of H-pyrrole nitrogens is 1. The zero-order chi connectivity index (χ0) is 24.0. The molecule has 0 unspecified atom stereocenters. The van der Waals surface area contributed by atoms with E-state index in [1.807, 2.05) is 38.1 Å². The highest BCUT2D eigenvalue weighted by Crippen LogP contribution is 2.25. The molecule has 0 aliphatic heterocycles. The lowest BCUT2D eigenvalue weighted by Gasteiger charge is -2.24. The Balaban J connectivity index is 1.90. The van der Waals surface area contributed by atoms with Crippen molar-refractivity contribution in [2.45, 2.75) is 33.9 Å². The number of halogens is 1. The lowest BCUT2D eigenvalue weighted by atomic mass is 10.1. The molecular weight excluding hydrogens is 442 g/mol. The van der Waals surface area contributed by atoms with Crippen molar-refractivity contribution < 1.29 is 19.1 Å². The summed E-state index contributed by atoms with van der Waals surface area (Å²) in [7, 11) is 1.61. The number of aromatic nitrogens is 1. The van der Waals surface area contributed by atoms with Gasteiger partial charge in [0.05, 0.1) is 24.4 Å². The number of hydrogen-bond donors (Lipinski definition) is 2. The zero-order valence-corrected chi connectivity index (χ0v) is 20.0. The second-order valence-electron chi connectivity index (χ2n) is 7.56. The molecule has 1 heterocycles. The van der Waals surface area contributed by atoms with Crippen molar-refractivity contribution in [1.29, 1.82) is 0 Å². The minimum absolute atomic E-state index is 0.287. The Morgan fingerprint density at radius 1 is 1.06 bits per heavy atom. The molecule has 2 N–H and O–H groups in total. The lowest BCUT2D eigenvalue weighted by molar-refractivity contribution is 0.0519. The summed E-state index contributed by atoms with van der Waals surface area (Å²) in [5.41, 5.74) is 4.29. The first-order valence-electron chi connectivity index (χ1n) is 10.6. The third-order valence-corrected chi connectivity index (χ3v) is 5.69. The fourth-order valence-corrected chi connectivity index (χ4v) is 3.71. The van der Waals surface area contributed by atoms with Gasteiger partial charge in [0.25, 0.3) is 0 Å². The number of para-hydroxylation sites is 1. The van der Waals surface area contributed by atoms with Gasteiger partial charge in [-0.1, -0.05) is 35.9 Å². The Kier molecular flexibility index (Phi) is 8.01. The van der Waals surface area contributed by atoms with Crippen LogP contribution < -0.4 is 10.1 Å². The van der Waals surface area contributed by atoms with Crippen LogP contribution in [0, 0.1) is 13.8 Å². The summed E-state index contributed by atoms with van der Waals surface area (Å²) in [4.78, 5) is 30.4. The van der Waals surface area contributed by atoms with E-state index < -0.39 is 5.97 Å². The van der Waals surface area contributed by atoms with Crippen LogP contribution in [0.5, 0.6) is 5.75 Å². The van der Waals surface area contributed by atoms with Crippen molar-refractivity contribution in [2.75, 3.05) is 19.0 Å². The van der Waals surface area contributed by atoms with Gasteiger partial charge in [-0.25, -0.2) is 9.59 Å². The maximum absolute atomic E-state index is 13.3. The third-order valence-electron chi connectivity index (χ3n) is 5.36. The Hall–Kier alpha value is -3.45. The molecule has 0 aliphatic rings. The molecule has 0 bridgehead atoms. The molecule has 0 saturated carbocycles. The molecule has 8 heteroatoms. The number of aromatic amines is 1. The number of anilines is 1. The van der Waals surface area contributed by atoms with E-state index in [1.54, 1.807) is 43.2 Å². The Morgan fingerprint density at radius 3 is 2.39 bits per heavy atom. The zero-order valence-electron chi connectivity index (χ0n) is 19.2. The van der Waals surface area contributed by atoms with Crippen LogP contribution in [-0.2, 0) is 17.8 Å². The first-order chi connectivity index (χ1) is 15.8. The predicted octanol–water partition coefficient (Wildman–Crippen LogP) is 5.70. The molecule has 0 radical (unpaired) electrons. The van der Waals surface area contributed by atoms with Crippen LogP contribution >= 0.6 is 11.6 Å². The van der Waals surface area contributed by atoms with Crippen molar-refractivity contribution in [1.82, 2.24) is 9.88 Å². The summed E-state index contributed by atoms with van der Waals surface area (Å²) < 4.78 is 10.4. The van der Waals surface area contributed by atoms with Gasteiger partial charge in [-0.15, -0.1) is 0 Å². The minimum atomic E-state index is -0.411. The highest BCUT2D eigenvalue weighted by molar-refractivity contribution is 6.33. The first-order valence-corrected chi connectivity index (χ1v) is 11.0. The molecule has 0 fully saturated rings. The van der Waals surface area contributed by atoms with Crippen LogP contribution in [0.3, 0.4) is 0 Å². The van der Waals surface area contributed by atoms with E-state index in [-0.39, 0.29) is 19.2 Å². The van der Waals surface area contributed by atoms with Crippen LogP contribution in [0.25, 0.3) is 0 Å². The summed E-state index contributed by atoms with van der Waals surface area (Å²) in [6.45, 7) is 6.41. The number of hydrogen-bond acceptors (Lipinski definition) is 4. The number of carbonyl (C=O) groups is 2. The normalized spacial score (nSPS) is 10.6. The number of urea groups is 1. The summed E-state index contributed by atoms with van der Waals surface area (Å²) >= 11 is 6.24. The van der Waals surface area contributed by atoms with Gasteiger partial charge in [0.1, 0.15) is 11.4 Å². The highest BCUT2D eigenvalue weighted by Gasteiger charge is 2.23. The number of ether oxygens (including phenoxy) is 2. The van der Waals surface area contributed by atoms with Gasteiger partial charge >= 0.3 is 12.0 Å². The van der Waals surface area contributed by atoms with Crippen LogP contribution in [0.2, 0.25) is 5.02 Å². The number of carbonyl (C=O) groups excluding carboxylic acids is 2. The molecule has 7 nitrogen and oxygen atoms in total. The topological polar surface area (TPSA) is 83.7 Å². The van der Waals surface area contributed by atoms with Gasteiger partial charge in [-0.05, 0) is 61.7 Å². The largest absolute Gasteiger partial charge is 0.497 e. The van der Waals surface area contributed by atoms with Crippen molar-refractivity contribution in [3.63, 3.8) is 0 Å². The minimum Gasteiger partial charge on any atom is -0.497 e. The Morgan fingerprint density at radius 2 is 1.76 bits per heavy atom. The van der Waals surface area contributed by atoms with Crippen LogP contribution in [0.1, 0.15) is 39.8 Å². The van der Waals surface area contributed by atoms with Gasteiger partial charge in [0.15, 0.2) is 0 Å². The van der Waals surface area contributed by atoms with E-state index in [2.05, 4.69) is 10.3 Å². The number of nitrogens with zero attached hydrogens (tertiary/aromatic N) is 1. The van der Waals surface area contributed by atoms with E-state index in [4.69, 9.17) is 21.1 Å². The van der Waals surface area contributed by atoms with Gasteiger partial charge in [-0.2, -0.15) is 0 Å². The smallest absolute Gasteiger partial charge is 0.355 e. The third kappa shape index (κ3) is 5.87. The van der Waals surface area contributed by atoms with E-state index in [0.29, 0.717) is 22.9 Å². The first kappa shape index (κ1) is 24.2. The number of aryl methyl sites for hydroxylation is 1. The molecule has 0 atom stereocenters. The lowest BCUT2D eigenvalue weighted by Crippen LogP contribution is -2.34. The summed E-state index contributed by atoms with van der Waals surface area (Å²) in [6, 6.07) is 14.3. The van der Waals surface area contributed by atoms with Gasteiger partial charge in [0, 0.05) is 18.8 Å². The maximum atomic E-state index is 13.3. The van der Waals surface area contributed by atoms with Gasteiger partial charge in [-0.3, -0.25) is 0 Å². The predicted molar refractivity (Wildman–Crippen MR) is 129 cm³/mol. The fourth-order valence-electron chi connectivity index (χ4n) is 3.53. The number of nitrogens with one attached hydrogen (secondary N) is 2. The number of benzene rings is 2. The van der Waals surface area contributed by atoms with E-state index in [0.717, 1.165) is 28.1 Å². The monoisotopic (exact) mass is 469 g/mol. The van der Waals surface area contributed by atoms with E-state index >= 15 is 0 Å². The number of rotatable bonds is 8. The number of amides is 2. The van der Waals surface area contributed by atoms with Crippen molar-refractivity contribution >= 4 is 29.3 Å². The number of methoxy groups -OCH3 is 1. The SMILES string of the molecule is CCOC(=O)c1[nH]c(C)c(CN(Cc2ccc(OC)cc2)C(=O)Nc2ccccc2Cl)c1C. The quantitative estimate of drug-likeness (QED) is 0.414. The molecule has 174 valence electrons. The number of esters is 1. The fraction of sp³-hybridized carbons (Fsp3) is 0.280. The van der Waals surface area contributed by atoms with Crippen LogP contribution in [-0.4, -0.2) is 35.6 Å². The molecule has 3 aromatic rings. The van der Waals surface area contributed by atoms with Crippen molar-refractivity contribution in [3.8, 4) is 5.75 Å². The molecule has 0 aliphatic carbocycles. The molecular formula is C25H28ClN3O4. The Labute approximate surface area is 198 Å². The van der Waals surface area contributed by atoms with Crippen LogP contribution in [0.4, 0.5) is 10.5 Å². The van der Waals surface area contributed by atoms with Crippen molar-refractivity contribution in [2.24, 2.45) is 0 Å². The van der Waals surface area contributed by atoms with Crippen molar-refractivity contribution in [3.05, 3.63) is 81.6 Å². The Bertz CT molecular complexity index is 1130. The molecule has 33 heavy (non-hydrogen) atoms. The van der Waals surface area contributed by atoms with Gasteiger partial charge < -0.3 is 24.7 Å².